The summed E-state index contributed by atoms with van der Waals surface area (Å²) in [5.74, 6) is 1.09. The summed E-state index contributed by atoms with van der Waals surface area (Å²) in [7, 11) is 4.20. The van der Waals surface area contributed by atoms with E-state index in [0.717, 1.165) is 30.4 Å². The molecule has 0 saturated carbocycles. The first-order valence-corrected chi connectivity index (χ1v) is 7.55. The lowest BCUT2D eigenvalue weighted by atomic mass is 10.2. The van der Waals surface area contributed by atoms with Crippen LogP contribution in [0.4, 0.5) is 0 Å². The van der Waals surface area contributed by atoms with Gasteiger partial charge in [-0.05, 0) is 45.1 Å². The quantitative estimate of drug-likeness (QED) is 0.579. The van der Waals surface area contributed by atoms with Gasteiger partial charge in [-0.15, -0.1) is 11.8 Å². The van der Waals surface area contributed by atoms with Crippen LogP contribution in [0.1, 0.15) is 24.5 Å². The molecular formula is C14H25N3S. The van der Waals surface area contributed by atoms with E-state index in [1.807, 2.05) is 18.0 Å². The van der Waals surface area contributed by atoms with Crippen LogP contribution in [-0.4, -0.2) is 42.8 Å². The lowest BCUT2D eigenvalue weighted by Crippen LogP contribution is -2.15. The van der Waals surface area contributed by atoms with E-state index < -0.39 is 0 Å². The van der Waals surface area contributed by atoms with Crippen molar-refractivity contribution in [1.29, 1.82) is 0 Å². The number of thioether (sulfide) groups is 1. The van der Waals surface area contributed by atoms with Crippen LogP contribution in [0.15, 0.2) is 17.3 Å². The SMILES string of the molecule is CCCNCc1cnc(SCCN(C)C)c(C)c1. The molecule has 0 aliphatic heterocycles. The van der Waals surface area contributed by atoms with Crippen LogP contribution in [-0.2, 0) is 6.54 Å². The normalized spacial score (nSPS) is 11.2. The van der Waals surface area contributed by atoms with Gasteiger partial charge in [-0.1, -0.05) is 13.0 Å². The highest BCUT2D eigenvalue weighted by Gasteiger charge is 2.03. The van der Waals surface area contributed by atoms with Gasteiger partial charge in [0.15, 0.2) is 0 Å². The lowest BCUT2D eigenvalue weighted by molar-refractivity contribution is 0.437. The van der Waals surface area contributed by atoms with Crippen LogP contribution in [0.5, 0.6) is 0 Å². The fraction of sp³-hybridized carbons (Fsp3) is 0.643. The van der Waals surface area contributed by atoms with Crippen molar-refractivity contribution in [2.24, 2.45) is 0 Å². The van der Waals surface area contributed by atoms with Gasteiger partial charge in [-0.3, -0.25) is 0 Å². The van der Waals surface area contributed by atoms with Gasteiger partial charge in [-0.25, -0.2) is 4.98 Å². The summed E-state index contributed by atoms with van der Waals surface area (Å²) in [5, 5.41) is 4.57. The standard InChI is InChI=1S/C14H25N3S/c1-5-6-15-10-13-9-12(2)14(16-11-13)18-8-7-17(3)4/h9,11,15H,5-8,10H2,1-4H3. The number of hydrogen-bond acceptors (Lipinski definition) is 4. The van der Waals surface area contributed by atoms with Gasteiger partial charge in [0.05, 0.1) is 5.03 Å². The van der Waals surface area contributed by atoms with Gasteiger partial charge in [0.1, 0.15) is 0 Å². The summed E-state index contributed by atoms with van der Waals surface area (Å²) < 4.78 is 0. The number of nitrogens with zero attached hydrogens (tertiary/aromatic N) is 2. The monoisotopic (exact) mass is 267 g/mol. The zero-order chi connectivity index (χ0) is 13.4. The van der Waals surface area contributed by atoms with Crippen molar-refractivity contribution < 1.29 is 0 Å². The first-order chi connectivity index (χ1) is 8.63. The Bertz CT molecular complexity index is 353. The number of aryl methyl sites for hydroxylation is 1. The third-order valence-corrected chi connectivity index (χ3v) is 3.71. The van der Waals surface area contributed by atoms with E-state index in [1.54, 1.807) is 0 Å². The van der Waals surface area contributed by atoms with Gasteiger partial charge < -0.3 is 10.2 Å². The predicted octanol–water partition coefficient (Wildman–Crippen LogP) is 2.54. The van der Waals surface area contributed by atoms with Gasteiger partial charge in [0, 0.05) is 25.0 Å². The summed E-state index contributed by atoms with van der Waals surface area (Å²) in [6.07, 6.45) is 3.17. The van der Waals surface area contributed by atoms with Crippen LogP contribution in [0.3, 0.4) is 0 Å². The number of hydrogen-bond donors (Lipinski definition) is 1. The predicted molar refractivity (Wildman–Crippen MR) is 80.2 cm³/mol. The van der Waals surface area contributed by atoms with Gasteiger partial charge in [0.25, 0.3) is 0 Å². The van der Waals surface area contributed by atoms with Crippen molar-refractivity contribution in [1.82, 2.24) is 15.2 Å². The molecule has 1 rings (SSSR count). The van der Waals surface area contributed by atoms with E-state index in [-0.39, 0.29) is 0 Å². The fourth-order valence-corrected chi connectivity index (χ4v) is 2.67. The van der Waals surface area contributed by atoms with Crippen LogP contribution in [0.2, 0.25) is 0 Å². The molecule has 0 unspecified atom stereocenters. The molecule has 0 fully saturated rings. The van der Waals surface area contributed by atoms with Crippen molar-refractivity contribution in [3.8, 4) is 0 Å². The highest BCUT2D eigenvalue weighted by Crippen LogP contribution is 2.20. The Kier molecular flexibility index (Phi) is 7.32. The summed E-state index contributed by atoms with van der Waals surface area (Å²) in [4.78, 5) is 6.76. The topological polar surface area (TPSA) is 28.2 Å². The summed E-state index contributed by atoms with van der Waals surface area (Å²) in [6.45, 7) is 7.41. The molecule has 102 valence electrons. The Hall–Kier alpha value is -0.580. The molecule has 0 amide bonds. The molecule has 0 aliphatic carbocycles. The number of rotatable bonds is 8. The average molecular weight is 267 g/mol. The molecule has 0 saturated heterocycles. The van der Waals surface area contributed by atoms with Gasteiger partial charge in [0.2, 0.25) is 0 Å². The minimum absolute atomic E-state index is 0.921. The van der Waals surface area contributed by atoms with Crippen molar-refractivity contribution in [2.75, 3.05) is 32.9 Å². The summed E-state index contributed by atoms with van der Waals surface area (Å²) in [5.41, 5.74) is 2.56. The van der Waals surface area contributed by atoms with Crippen molar-refractivity contribution in [3.05, 3.63) is 23.4 Å². The van der Waals surface area contributed by atoms with Crippen LogP contribution < -0.4 is 5.32 Å². The maximum Gasteiger partial charge on any atom is 0.0989 e. The van der Waals surface area contributed by atoms with E-state index in [2.05, 4.69) is 49.2 Å². The second-order valence-electron chi connectivity index (χ2n) is 4.79. The average Bonchev–Trinajstić information content (AvgIpc) is 2.32. The first-order valence-electron chi connectivity index (χ1n) is 6.57. The molecular weight excluding hydrogens is 242 g/mol. The first kappa shape index (κ1) is 15.5. The summed E-state index contributed by atoms with van der Waals surface area (Å²) >= 11 is 1.84. The van der Waals surface area contributed by atoms with Gasteiger partial charge in [-0.2, -0.15) is 0 Å². The molecule has 3 nitrogen and oxygen atoms in total. The largest absolute Gasteiger partial charge is 0.313 e. The molecule has 1 N–H and O–H groups in total. The highest BCUT2D eigenvalue weighted by atomic mass is 32.2. The molecule has 1 aromatic rings. The second kappa shape index (κ2) is 8.51. The van der Waals surface area contributed by atoms with Crippen LogP contribution in [0, 0.1) is 6.92 Å². The van der Waals surface area contributed by atoms with E-state index in [4.69, 9.17) is 0 Å². The fourth-order valence-electron chi connectivity index (χ4n) is 1.60. The molecule has 0 bridgehead atoms. The molecule has 0 radical (unpaired) electrons. The maximum absolute atomic E-state index is 4.56. The minimum atomic E-state index is 0.921. The third-order valence-electron chi connectivity index (χ3n) is 2.62. The van der Waals surface area contributed by atoms with E-state index in [1.165, 1.54) is 17.5 Å². The molecule has 1 aromatic heterocycles. The smallest absolute Gasteiger partial charge is 0.0989 e. The Balaban J connectivity index is 2.46. The Morgan fingerprint density at radius 3 is 2.78 bits per heavy atom. The Morgan fingerprint density at radius 2 is 2.17 bits per heavy atom. The van der Waals surface area contributed by atoms with Gasteiger partial charge >= 0.3 is 0 Å². The molecule has 18 heavy (non-hydrogen) atoms. The van der Waals surface area contributed by atoms with Crippen molar-refractivity contribution >= 4 is 11.8 Å². The third kappa shape index (κ3) is 5.85. The van der Waals surface area contributed by atoms with E-state index in [9.17, 15) is 0 Å². The lowest BCUT2D eigenvalue weighted by Gasteiger charge is -2.10. The number of pyridine rings is 1. The van der Waals surface area contributed by atoms with E-state index in [0.29, 0.717) is 0 Å². The molecule has 0 aromatic carbocycles. The van der Waals surface area contributed by atoms with Crippen molar-refractivity contribution in [3.63, 3.8) is 0 Å². The summed E-state index contributed by atoms with van der Waals surface area (Å²) in [6, 6.07) is 2.24. The minimum Gasteiger partial charge on any atom is -0.313 e. The molecule has 0 aliphatic rings. The molecule has 0 atom stereocenters. The zero-order valence-electron chi connectivity index (χ0n) is 12.0. The molecule has 1 heterocycles. The van der Waals surface area contributed by atoms with Crippen molar-refractivity contribution in [2.45, 2.75) is 31.8 Å². The molecule has 4 heteroatoms. The van der Waals surface area contributed by atoms with E-state index >= 15 is 0 Å². The van der Waals surface area contributed by atoms with Crippen LogP contribution in [0.25, 0.3) is 0 Å². The molecule has 0 spiro atoms. The zero-order valence-corrected chi connectivity index (χ0v) is 12.8. The highest BCUT2D eigenvalue weighted by molar-refractivity contribution is 7.99. The number of nitrogens with one attached hydrogen (secondary N) is 1. The Morgan fingerprint density at radius 1 is 1.39 bits per heavy atom. The Labute approximate surface area is 115 Å². The number of aromatic nitrogens is 1. The van der Waals surface area contributed by atoms with Crippen LogP contribution >= 0.6 is 11.8 Å². The second-order valence-corrected chi connectivity index (χ2v) is 5.88. The maximum atomic E-state index is 4.56.